The highest BCUT2D eigenvalue weighted by atomic mass is 32.2. The third-order valence-corrected chi connectivity index (χ3v) is 4.80. The molecule has 0 bridgehead atoms. The fourth-order valence-electron chi connectivity index (χ4n) is 3.20. The summed E-state index contributed by atoms with van der Waals surface area (Å²) in [5, 5.41) is 3.70. The molecule has 1 aliphatic carbocycles. The molecule has 0 aliphatic heterocycles. The van der Waals surface area contributed by atoms with Crippen molar-refractivity contribution in [3.8, 4) is 0 Å². The molecule has 0 saturated heterocycles. The summed E-state index contributed by atoms with van der Waals surface area (Å²) in [5.74, 6) is 2.07. The van der Waals surface area contributed by atoms with Crippen LogP contribution in [0.1, 0.15) is 40.0 Å². The van der Waals surface area contributed by atoms with Gasteiger partial charge in [0, 0.05) is 24.9 Å². The third kappa shape index (κ3) is 5.50. The minimum atomic E-state index is 0.539. The Kier molecular flexibility index (Phi) is 7.04. The molecule has 0 aromatic rings. The van der Waals surface area contributed by atoms with Crippen molar-refractivity contribution in [2.24, 2.45) is 11.3 Å². The van der Waals surface area contributed by atoms with Gasteiger partial charge in [-0.05, 0) is 50.4 Å². The molecule has 108 valence electrons. The highest BCUT2D eigenvalue weighted by Crippen LogP contribution is 2.38. The number of thioether (sulfide) groups is 1. The fourth-order valence-corrected chi connectivity index (χ4v) is 3.69. The second-order valence-corrected chi connectivity index (χ2v) is 7.57. The second kappa shape index (κ2) is 7.76. The summed E-state index contributed by atoms with van der Waals surface area (Å²) < 4.78 is 0. The number of hydrogen-bond acceptors (Lipinski definition) is 3. The molecule has 1 saturated carbocycles. The quantitative estimate of drug-likeness (QED) is 0.767. The largest absolute Gasteiger partial charge is 0.314 e. The van der Waals surface area contributed by atoms with Crippen LogP contribution in [0.15, 0.2) is 0 Å². The summed E-state index contributed by atoms with van der Waals surface area (Å²) in [6.45, 7) is 10.7. The van der Waals surface area contributed by atoms with E-state index in [2.05, 4.69) is 44.3 Å². The Bertz CT molecular complexity index is 231. The van der Waals surface area contributed by atoms with Gasteiger partial charge in [-0.2, -0.15) is 11.8 Å². The van der Waals surface area contributed by atoms with Gasteiger partial charge >= 0.3 is 0 Å². The highest BCUT2D eigenvalue weighted by Gasteiger charge is 2.34. The molecule has 1 fully saturated rings. The Hall–Kier alpha value is 0.270. The maximum Gasteiger partial charge on any atom is 0.0108 e. The van der Waals surface area contributed by atoms with Crippen LogP contribution in [0.25, 0.3) is 0 Å². The van der Waals surface area contributed by atoms with Crippen molar-refractivity contribution < 1.29 is 0 Å². The summed E-state index contributed by atoms with van der Waals surface area (Å²) in [6, 6.07) is 0.736. The van der Waals surface area contributed by atoms with E-state index in [9.17, 15) is 0 Å². The molecule has 0 spiro atoms. The molecule has 0 heterocycles. The normalized spacial score (nSPS) is 27.7. The fraction of sp³-hybridized carbons (Fsp3) is 1.00. The van der Waals surface area contributed by atoms with Gasteiger partial charge in [0.2, 0.25) is 0 Å². The molecule has 0 aromatic carbocycles. The van der Waals surface area contributed by atoms with Crippen LogP contribution < -0.4 is 5.32 Å². The Labute approximate surface area is 118 Å². The van der Waals surface area contributed by atoms with E-state index < -0.39 is 0 Å². The van der Waals surface area contributed by atoms with Crippen molar-refractivity contribution in [1.29, 1.82) is 0 Å². The van der Waals surface area contributed by atoms with E-state index in [1.165, 1.54) is 38.1 Å². The summed E-state index contributed by atoms with van der Waals surface area (Å²) in [4.78, 5) is 2.52. The van der Waals surface area contributed by atoms with Crippen LogP contribution in [-0.4, -0.2) is 49.6 Å². The number of rotatable bonds is 7. The summed E-state index contributed by atoms with van der Waals surface area (Å²) in [6.07, 6.45) is 6.28. The van der Waals surface area contributed by atoms with Gasteiger partial charge in [-0.1, -0.05) is 20.8 Å². The molecular formula is C15H32N2S. The predicted molar refractivity (Wildman–Crippen MR) is 84.5 cm³/mol. The zero-order valence-corrected chi connectivity index (χ0v) is 13.8. The van der Waals surface area contributed by atoms with Crippen molar-refractivity contribution in [3.05, 3.63) is 0 Å². The van der Waals surface area contributed by atoms with E-state index in [0.29, 0.717) is 5.41 Å². The zero-order chi connectivity index (χ0) is 13.6. The van der Waals surface area contributed by atoms with Gasteiger partial charge in [-0.15, -0.1) is 0 Å². The van der Waals surface area contributed by atoms with Crippen molar-refractivity contribution in [1.82, 2.24) is 10.2 Å². The van der Waals surface area contributed by atoms with Gasteiger partial charge in [-0.25, -0.2) is 0 Å². The lowest BCUT2D eigenvalue weighted by atomic mass is 9.69. The van der Waals surface area contributed by atoms with Gasteiger partial charge in [0.1, 0.15) is 0 Å². The topological polar surface area (TPSA) is 15.3 Å². The Morgan fingerprint density at radius 1 is 1.39 bits per heavy atom. The summed E-state index contributed by atoms with van der Waals surface area (Å²) >= 11 is 1.95. The lowest BCUT2D eigenvalue weighted by Gasteiger charge is -2.42. The number of nitrogens with zero attached hydrogens (tertiary/aromatic N) is 1. The first-order valence-electron chi connectivity index (χ1n) is 7.39. The Morgan fingerprint density at radius 3 is 2.72 bits per heavy atom. The molecule has 18 heavy (non-hydrogen) atoms. The minimum Gasteiger partial charge on any atom is -0.314 e. The highest BCUT2D eigenvalue weighted by molar-refractivity contribution is 7.98. The van der Waals surface area contributed by atoms with E-state index in [0.717, 1.165) is 18.5 Å². The maximum absolute atomic E-state index is 3.70. The average molecular weight is 273 g/mol. The van der Waals surface area contributed by atoms with Gasteiger partial charge in [0.25, 0.3) is 0 Å². The number of nitrogens with one attached hydrogen (secondary N) is 1. The van der Waals surface area contributed by atoms with Gasteiger partial charge in [-0.3, -0.25) is 0 Å². The van der Waals surface area contributed by atoms with Crippen molar-refractivity contribution in [2.45, 2.75) is 46.1 Å². The molecule has 2 unspecified atom stereocenters. The first-order valence-corrected chi connectivity index (χ1v) is 8.78. The first-order chi connectivity index (χ1) is 8.48. The van der Waals surface area contributed by atoms with Crippen LogP contribution in [-0.2, 0) is 0 Å². The average Bonchev–Trinajstić information content (AvgIpc) is 2.29. The smallest absolute Gasteiger partial charge is 0.0108 e. The van der Waals surface area contributed by atoms with Crippen LogP contribution in [0.5, 0.6) is 0 Å². The summed E-state index contributed by atoms with van der Waals surface area (Å²) in [7, 11) is 2.28. The Morgan fingerprint density at radius 2 is 2.11 bits per heavy atom. The first kappa shape index (κ1) is 16.3. The zero-order valence-electron chi connectivity index (χ0n) is 13.0. The van der Waals surface area contributed by atoms with Gasteiger partial charge in [0.05, 0.1) is 0 Å². The number of hydrogen-bond donors (Lipinski definition) is 1. The minimum absolute atomic E-state index is 0.539. The van der Waals surface area contributed by atoms with E-state index in [4.69, 9.17) is 0 Å². The van der Waals surface area contributed by atoms with E-state index in [-0.39, 0.29) is 0 Å². The lowest BCUT2D eigenvalue weighted by Crippen LogP contribution is -2.47. The molecule has 1 rings (SSSR count). The third-order valence-electron chi connectivity index (χ3n) is 4.21. The summed E-state index contributed by atoms with van der Waals surface area (Å²) in [5.41, 5.74) is 0.539. The van der Waals surface area contributed by atoms with Crippen molar-refractivity contribution in [2.75, 3.05) is 38.7 Å². The SMILES string of the molecule is CCNC1CCC(C)(C)CC1CN(C)CCSC. The molecule has 0 amide bonds. The molecule has 1 N–H and O–H groups in total. The monoisotopic (exact) mass is 272 g/mol. The van der Waals surface area contributed by atoms with Crippen LogP contribution in [0.4, 0.5) is 0 Å². The maximum atomic E-state index is 3.70. The van der Waals surface area contributed by atoms with E-state index in [1.807, 2.05) is 11.8 Å². The van der Waals surface area contributed by atoms with Crippen molar-refractivity contribution in [3.63, 3.8) is 0 Å². The molecule has 0 aromatic heterocycles. The second-order valence-electron chi connectivity index (χ2n) is 6.59. The van der Waals surface area contributed by atoms with Crippen LogP contribution in [0, 0.1) is 11.3 Å². The molecule has 1 aliphatic rings. The van der Waals surface area contributed by atoms with E-state index in [1.54, 1.807) is 0 Å². The molecule has 2 atom stereocenters. The molecule has 3 heteroatoms. The van der Waals surface area contributed by atoms with Gasteiger partial charge < -0.3 is 10.2 Å². The van der Waals surface area contributed by atoms with E-state index >= 15 is 0 Å². The van der Waals surface area contributed by atoms with Crippen LogP contribution >= 0.6 is 11.8 Å². The van der Waals surface area contributed by atoms with Crippen LogP contribution in [0.3, 0.4) is 0 Å². The molecule has 0 radical (unpaired) electrons. The Balaban J connectivity index is 2.50. The molecular weight excluding hydrogens is 240 g/mol. The molecule has 2 nitrogen and oxygen atoms in total. The van der Waals surface area contributed by atoms with Gasteiger partial charge in [0.15, 0.2) is 0 Å². The predicted octanol–water partition coefficient (Wildman–Crippen LogP) is 3.09. The standard InChI is InChI=1S/C15H32N2S/c1-6-16-14-7-8-15(2,3)11-13(14)12-17(4)9-10-18-5/h13-14,16H,6-12H2,1-5H3. The van der Waals surface area contributed by atoms with Crippen LogP contribution in [0.2, 0.25) is 0 Å². The van der Waals surface area contributed by atoms with Crippen molar-refractivity contribution >= 4 is 11.8 Å². The lowest BCUT2D eigenvalue weighted by molar-refractivity contribution is 0.111.